The predicted octanol–water partition coefficient (Wildman–Crippen LogP) is 21.7. The van der Waals surface area contributed by atoms with Crippen LogP contribution in [-0.4, -0.2) is 0 Å². The Kier molecular flexibility index (Phi) is 21.6. The minimum atomic E-state index is 0.242. The highest BCUT2D eigenvalue weighted by Crippen LogP contribution is 2.34. The van der Waals surface area contributed by atoms with Gasteiger partial charge in [0, 0.05) is 0 Å². The standard InChI is InChI=1S/4C15H24.C12H10/c4*1-11-8-12(14(2,3)4)10-13(9-11)15(5,6)7;1-3-7-11(8-4-1)12-9-5-2-6-10-12/h4*8-10H,1-7H3;1-10H. The van der Waals surface area contributed by atoms with Gasteiger partial charge in [0.25, 0.3) is 0 Å². The number of aryl methyl sites for hydroxylation is 4. The summed E-state index contributed by atoms with van der Waals surface area (Å²) in [5, 5.41) is 0. The molecule has 6 aromatic rings. The van der Waals surface area contributed by atoms with E-state index in [0.717, 1.165) is 0 Å². The van der Waals surface area contributed by atoms with Gasteiger partial charge in [0.1, 0.15) is 0 Å². The van der Waals surface area contributed by atoms with Crippen LogP contribution in [-0.2, 0) is 43.3 Å². The first-order valence-electron chi connectivity index (χ1n) is 27.0. The van der Waals surface area contributed by atoms with Crippen LogP contribution in [0.25, 0.3) is 11.1 Å². The Hall–Kier alpha value is -4.68. The molecule has 394 valence electrons. The number of rotatable bonds is 1. The minimum Gasteiger partial charge on any atom is -0.0622 e. The van der Waals surface area contributed by atoms with E-state index in [1.54, 1.807) is 0 Å². The van der Waals surface area contributed by atoms with Crippen LogP contribution in [0, 0.1) is 27.7 Å². The molecule has 72 heavy (non-hydrogen) atoms. The fraction of sp³-hybridized carbons (Fsp3) is 0.500. The first-order chi connectivity index (χ1) is 32.4. The van der Waals surface area contributed by atoms with Gasteiger partial charge in [-0.15, -0.1) is 0 Å². The molecule has 6 rings (SSSR count). The first kappa shape index (κ1) is 63.4. The lowest BCUT2D eigenvalue weighted by molar-refractivity contribution is 0.567. The van der Waals surface area contributed by atoms with Crippen LogP contribution in [0.15, 0.2) is 133 Å². The molecule has 0 radical (unpaired) electrons. The lowest BCUT2D eigenvalue weighted by atomic mass is 9.80. The molecule has 0 heteroatoms. The average molecular weight is 972 g/mol. The zero-order chi connectivity index (χ0) is 55.6. The second-order valence-electron chi connectivity index (χ2n) is 29.1. The molecule has 0 aliphatic heterocycles. The summed E-state index contributed by atoms with van der Waals surface area (Å²) >= 11 is 0. The fourth-order valence-corrected chi connectivity index (χ4v) is 7.86. The molecule has 0 atom stereocenters. The average Bonchev–Trinajstić information content (AvgIpc) is 3.22. The molecule has 0 spiro atoms. The van der Waals surface area contributed by atoms with Gasteiger partial charge in [-0.2, -0.15) is 0 Å². The van der Waals surface area contributed by atoms with Gasteiger partial charge in [-0.05, 0) is 127 Å². The molecule has 0 unspecified atom stereocenters. The topological polar surface area (TPSA) is 0 Å². The third kappa shape index (κ3) is 21.8. The van der Waals surface area contributed by atoms with E-state index in [4.69, 9.17) is 0 Å². The summed E-state index contributed by atoms with van der Waals surface area (Å²) < 4.78 is 0. The van der Waals surface area contributed by atoms with Crippen molar-refractivity contribution in [1.82, 2.24) is 0 Å². The molecule has 0 aliphatic rings. The lowest BCUT2D eigenvalue weighted by Gasteiger charge is -2.25. The van der Waals surface area contributed by atoms with Gasteiger partial charge in [-0.3, -0.25) is 0 Å². The Morgan fingerprint density at radius 1 is 0.181 bits per heavy atom. The second kappa shape index (κ2) is 24.6. The van der Waals surface area contributed by atoms with Crippen molar-refractivity contribution >= 4 is 0 Å². The van der Waals surface area contributed by atoms with Gasteiger partial charge in [-0.1, -0.05) is 322 Å². The molecule has 0 saturated heterocycles. The van der Waals surface area contributed by atoms with Crippen LogP contribution in [0.1, 0.15) is 233 Å². The first-order valence-corrected chi connectivity index (χ1v) is 27.0. The second-order valence-corrected chi connectivity index (χ2v) is 29.1. The normalized spacial score (nSPS) is 12.4. The zero-order valence-electron chi connectivity index (χ0n) is 51.7. The highest BCUT2D eigenvalue weighted by atomic mass is 14.3. The molecule has 0 heterocycles. The highest BCUT2D eigenvalue weighted by Gasteiger charge is 2.23. The van der Waals surface area contributed by atoms with E-state index in [9.17, 15) is 0 Å². The van der Waals surface area contributed by atoms with Crippen molar-refractivity contribution in [2.75, 3.05) is 0 Å². The van der Waals surface area contributed by atoms with E-state index in [0.29, 0.717) is 0 Å². The van der Waals surface area contributed by atoms with E-state index in [2.05, 4.69) is 315 Å². The maximum Gasteiger partial charge on any atom is -0.0132 e. The summed E-state index contributed by atoms with van der Waals surface area (Å²) in [6.07, 6.45) is 0. The van der Waals surface area contributed by atoms with E-state index in [1.807, 2.05) is 12.1 Å². The van der Waals surface area contributed by atoms with Crippen molar-refractivity contribution in [1.29, 1.82) is 0 Å². The maximum absolute atomic E-state index is 2.35. The van der Waals surface area contributed by atoms with Crippen LogP contribution < -0.4 is 0 Å². The van der Waals surface area contributed by atoms with Crippen LogP contribution in [0.5, 0.6) is 0 Å². The third-order valence-electron chi connectivity index (χ3n) is 13.1. The minimum absolute atomic E-state index is 0.242. The number of benzene rings is 6. The molecule has 0 fully saturated rings. The zero-order valence-corrected chi connectivity index (χ0v) is 51.7. The van der Waals surface area contributed by atoms with Crippen molar-refractivity contribution in [2.24, 2.45) is 0 Å². The summed E-state index contributed by atoms with van der Waals surface area (Å²) in [6, 6.07) is 48.6. The van der Waals surface area contributed by atoms with Crippen molar-refractivity contribution in [2.45, 2.75) is 237 Å². The van der Waals surface area contributed by atoms with Crippen LogP contribution in [0.2, 0.25) is 0 Å². The number of hydrogen-bond donors (Lipinski definition) is 0. The summed E-state index contributed by atoms with van der Waals surface area (Å²) in [7, 11) is 0. The molecule has 0 amide bonds. The Labute approximate surface area is 446 Å². The van der Waals surface area contributed by atoms with Crippen molar-refractivity contribution in [3.05, 3.63) is 200 Å². The lowest BCUT2D eigenvalue weighted by Crippen LogP contribution is -2.16. The van der Waals surface area contributed by atoms with Crippen LogP contribution in [0.3, 0.4) is 0 Å². The Balaban J connectivity index is 0.000000309. The summed E-state index contributed by atoms with van der Waals surface area (Å²) in [5.74, 6) is 0. The van der Waals surface area contributed by atoms with Crippen molar-refractivity contribution < 1.29 is 0 Å². The predicted molar refractivity (Wildman–Crippen MR) is 326 cm³/mol. The van der Waals surface area contributed by atoms with Gasteiger partial charge in [0.15, 0.2) is 0 Å². The summed E-state index contributed by atoms with van der Waals surface area (Å²) in [6.45, 7) is 63.3. The quantitative estimate of drug-likeness (QED) is 0.154. The fourth-order valence-electron chi connectivity index (χ4n) is 7.86. The Bertz CT molecular complexity index is 2110. The van der Waals surface area contributed by atoms with Crippen molar-refractivity contribution in [3.63, 3.8) is 0 Å². The van der Waals surface area contributed by atoms with Gasteiger partial charge >= 0.3 is 0 Å². The molecular formula is C72H106. The molecule has 0 N–H and O–H groups in total. The summed E-state index contributed by atoms with van der Waals surface area (Å²) in [5.41, 5.74) is 21.5. The van der Waals surface area contributed by atoms with Gasteiger partial charge in [0.2, 0.25) is 0 Å². The van der Waals surface area contributed by atoms with Gasteiger partial charge in [-0.25, -0.2) is 0 Å². The number of hydrogen-bond acceptors (Lipinski definition) is 0. The molecule has 0 nitrogen and oxygen atoms in total. The third-order valence-corrected chi connectivity index (χ3v) is 13.1. The van der Waals surface area contributed by atoms with Crippen LogP contribution >= 0.6 is 0 Å². The Morgan fingerprint density at radius 2 is 0.306 bits per heavy atom. The highest BCUT2D eigenvalue weighted by molar-refractivity contribution is 5.62. The molecular weight excluding hydrogens is 865 g/mol. The van der Waals surface area contributed by atoms with Gasteiger partial charge < -0.3 is 0 Å². The van der Waals surface area contributed by atoms with E-state index in [1.165, 1.54) is 77.9 Å². The van der Waals surface area contributed by atoms with E-state index < -0.39 is 0 Å². The largest absolute Gasteiger partial charge is 0.0622 e. The van der Waals surface area contributed by atoms with E-state index in [-0.39, 0.29) is 43.3 Å². The van der Waals surface area contributed by atoms with Gasteiger partial charge in [0.05, 0.1) is 0 Å². The molecule has 0 aliphatic carbocycles. The van der Waals surface area contributed by atoms with Crippen LogP contribution in [0.4, 0.5) is 0 Å². The monoisotopic (exact) mass is 971 g/mol. The maximum atomic E-state index is 2.35. The van der Waals surface area contributed by atoms with Crippen molar-refractivity contribution in [3.8, 4) is 11.1 Å². The SMILES string of the molecule is Cc1cc(C(C)(C)C)cc(C(C)(C)C)c1.Cc1cc(C(C)(C)C)cc(C(C)(C)C)c1.Cc1cc(C(C)(C)C)cc(C(C)(C)C)c1.Cc1cc(C(C)(C)C)cc(C(C)(C)C)c1.c1ccc(-c2ccccc2)cc1. The molecule has 0 bridgehead atoms. The smallest absolute Gasteiger partial charge is 0.0132 e. The molecule has 0 aromatic heterocycles. The molecule has 6 aromatic carbocycles. The molecule has 0 saturated carbocycles. The summed E-state index contributed by atoms with van der Waals surface area (Å²) in [4.78, 5) is 0. The van der Waals surface area contributed by atoms with E-state index >= 15 is 0 Å². The Morgan fingerprint density at radius 3 is 0.417 bits per heavy atom.